The zero-order valence-electron chi connectivity index (χ0n) is 8.54. The number of rotatable bonds is 3. The van der Waals surface area contributed by atoms with E-state index in [1.165, 1.54) is 0 Å². The maximum absolute atomic E-state index is 12.3. The van der Waals surface area contributed by atoms with E-state index < -0.39 is 23.1 Å². The van der Waals surface area contributed by atoms with Gasteiger partial charge < -0.3 is 0 Å². The molecule has 0 aromatic carbocycles. The average Bonchev–Trinajstić information content (AvgIpc) is 2.11. The van der Waals surface area contributed by atoms with Gasteiger partial charge in [-0.1, -0.05) is 23.2 Å². The van der Waals surface area contributed by atoms with Crippen LogP contribution < -0.4 is 0 Å². The Morgan fingerprint density at radius 2 is 1.89 bits per heavy atom. The standard InChI is InChI=1S/C9H5Cl2F3N2O2/c10-7-1-5(2-8(11)15-7)6(4-16(17)18)3-9(12,13)14/h1-2,4H,3H2. The third-order valence-electron chi connectivity index (χ3n) is 1.79. The molecule has 9 heteroatoms. The Balaban J connectivity index is 3.22. The van der Waals surface area contributed by atoms with E-state index in [1.54, 1.807) is 0 Å². The van der Waals surface area contributed by atoms with E-state index in [0.29, 0.717) is 0 Å². The van der Waals surface area contributed by atoms with Crippen LogP contribution in [-0.4, -0.2) is 16.1 Å². The second-order valence-electron chi connectivity index (χ2n) is 3.23. The minimum Gasteiger partial charge on any atom is -0.259 e. The normalized spacial score (nSPS) is 12.6. The molecule has 0 aliphatic carbocycles. The van der Waals surface area contributed by atoms with Crippen molar-refractivity contribution in [2.75, 3.05) is 0 Å². The van der Waals surface area contributed by atoms with E-state index in [0.717, 1.165) is 12.1 Å². The summed E-state index contributed by atoms with van der Waals surface area (Å²) in [6.45, 7) is 0. The molecule has 1 aromatic heterocycles. The molecule has 0 aliphatic rings. The molecule has 0 radical (unpaired) electrons. The Kier molecular flexibility index (Phi) is 4.53. The summed E-state index contributed by atoms with van der Waals surface area (Å²) in [6, 6.07) is 2.16. The number of pyridine rings is 1. The summed E-state index contributed by atoms with van der Waals surface area (Å²) in [5, 5.41) is 10.0. The molecule has 1 heterocycles. The minimum absolute atomic E-state index is 0.0889. The number of alkyl halides is 3. The Hall–Kier alpha value is -1.34. The molecule has 4 nitrogen and oxygen atoms in total. The molecule has 0 aliphatic heterocycles. The lowest BCUT2D eigenvalue weighted by molar-refractivity contribution is -0.401. The first-order chi connectivity index (χ1) is 8.17. The van der Waals surface area contributed by atoms with E-state index in [1.807, 2.05) is 0 Å². The van der Waals surface area contributed by atoms with Gasteiger partial charge in [0.1, 0.15) is 10.3 Å². The van der Waals surface area contributed by atoms with Gasteiger partial charge in [0, 0.05) is 5.57 Å². The van der Waals surface area contributed by atoms with Crippen LogP contribution in [0.4, 0.5) is 13.2 Å². The van der Waals surface area contributed by atoms with Crippen molar-refractivity contribution in [3.63, 3.8) is 0 Å². The molecule has 0 bridgehead atoms. The van der Waals surface area contributed by atoms with Crippen molar-refractivity contribution in [1.82, 2.24) is 4.98 Å². The number of hydrogen-bond acceptors (Lipinski definition) is 3. The van der Waals surface area contributed by atoms with Gasteiger partial charge in [0.25, 0.3) is 0 Å². The van der Waals surface area contributed by atoms with Crippen LogP contribution in [0.25, 0.3) is 5.57 Å². The van der Waals surface area contributed by atoms with E-state index in [2.05, 4.69) is 4.98 Å². The largest absolute Gasteiger partial charge is 0.393 e. The molecule has 0 fully saturated rings. The van der Waals surface area contributed by atoms with Crippen molar-refractivity contribution in [2.45, 2.75) is 12.6 Å². The topological polar surface area (TPSA) is 56.0 Å². The van der Waals surface area contributed by atoms with Gasteiger partial charge >= 0.3 is 6.18 Å². The summed E-state index contributed by atoms with van der Waals surface area (Å²) in [6.07, 6.45) is -5.76. The number of nitro groups is 1. The predicted molar refractivity (Wildman–Crippen MR) is 59.9 cm³/mol. The molecule has 0 unspecified atom stereocenters. The highest BCUT2D eigenvalue weighted by molar-refractivity contribution is 6.32. The number of hydrogen-bond donors (Lipinski definition) is 0. The lowest BCUT2D eigenvalue weighted by Crippen LogP contribution is -2.09. The van der Waals surface area contributed by atoms with Crippen molar-refractivity contribution in [1.29, 1.82) is 0 Å². The van der Waals surface area contributed by atoms with Crippen molar-refractivity contribution in [2.24, 2.45) is 0 Å². The summed E-state index contributed by atoms with van der Waals surface area (Å²) in [4.78, 5) is 12.9. The summed E-state index contributed by atoms with van der Waals surface area (Å²) in [5.74, 6) is 0. The minimum atomic E-state index is -4.58. The quantitative estimate of drug-likeness (QED) is 0.482. The second-order valence-corrected chi connectivity index (χ2v) is 4.01. The lowest BCUT2D eigenvalue weighted by atomic mass is 10.1. The fourth-order valence-electron chi connectivity index (χ4n) is 1.22. The first kappa shape index (κ1) is 14.7. The molecular formula is C9H5Cl2F3N2O2. The summed E-state index contributed by atoms with van der Waals surface area (Å²) in [5.41, 5.74) is -0.632. The Labute approximate surface area is 109 Å². The predicted octanol–water partition coefficient (Wildman–Crippen LogP) is 3.96. The molecule has 0 amide bonds. The first-order valence-electron chi connectivity index (χ1n) is 4.42. The SMILES string of the molecule is O=[N+]([O-])C=C(CC(F)(F)F)c1cc(Cl)nc(Cl)c1. The molecule has 98 valence electrons. The highest BCUT2D eigenvalue weighted by atomic mass is 35.5. The van der Waals surface area contributed by atoms with Gasteiger partial charge in [-0.25, -0.2) is 4.98 Å². The highest BCUT2D eigenvalue weighted by Gasteiger charge is 2.31. The van der Waals surface area contributed by atoms with Crippen molar-refractivity contribution < 1.29 is 18.1 Å². The van der Waals surface area contributed by atoms with Gasteiger partial charge in [0.2, 0.25) is 6.20 Å². The zero-order valence-corrected chi connectivity index (χ0v) is 10.1. The van der Waals surface area contributed by atoms with E-state index >= 15 is 0 Å². The van der Waals surface area contributed by atoms with Crippen LogP contribution in [0.15, 0.2) is 18.3 Å². The number of nitrogens with zero attached hydrogens (tertiary/aromatic N) is 2. The van der Waals surface area contributed by atoms with Crippen LogP contribution >= 0.6 is 23.2 Å². The molecule has 1 rings (SSSR count). The van der Waals surface area contributed by atoms with Gasteiger partial charge in [0.05, 0.1) is 11.3 Å². The molecular weight excluding hydrogens is 296 g/mol. The second kappa shape index (κ2) is 5.53. The van der Waals surface area contributed by atoms with E-state index in [4.69, 9.17) is 23.2 Å². The fraction of sp³-hybridized carbons (Fsp3) is 0.222. The lowest BCUT2D eigenvalue weighted by Gasteiger charge is -2.09. The Morgan fingerprint density at radius 3 is 2.28 bits per heavy atom. The summed E-state index contributed by atoms with van der Waals surface area (Å²) >= 11 is 11.1. The van der Waals surface area contributed by atoms with Crippen molar-refractivity contribution >= 4 is 28.8 Å². The monoisotopic (exact) mass is 300 g/mol. The summed E-state index contributed by atoms with van der Waals surface area (Å²) < 4.78 is 36.9. The van der Waals surface area contributed by atoms with Crippen LogP contribution in [0.1, 0.15) is 12.0 Å². The maximum Gasteiger partial charge on any atom is 0.393 e. The molecule has 0 saturated carbocycles. The van der Waals surface area contributed by atoms with Crippen LogP contribution in [0, 0.1) is 10.1 Å². The summed E-state index contributed by atoms with van der Waals surface area (Å²) in [7, 11) is 0. The number of allylic oxidation sites excluding steroid dienone is 1. The molecule has 1 aromatic rings. The van der Waals surface area contributed by atoms with Crippen LogP contribution in [0.2, 0.25) is 10.3 Å². The molecule has 0 atom stereocenters. The zero-order chi connectivity index (χ0) is 13.9. The first-order valence-corrected chi connectivity index (χ1v) is 5.17. The number of halogens is 5. The van der Waals surface area contributed by atoms with E-state index in [-0.39, 0.29) is 22.1 Å². The van der Waals surface area contributed by atoms with Gasteiger partial charge in [-0.2, -0.15) is 13.2 Å². The average molecular weight is 301 g/mol. The number of aromatic nitrogens is 1. The fourth-order valence-corrected chi connectivity index (χ4v) is 1.68. The molecule has 18 heavy (non-hydrogen) atoms. The molecule has 0 saturated heterocycles. The van der Waals surface area contributed by atoms with Gasteiger partial charge in [-0.3, -0.25) is 10.1 Å². The van der Waals surface area contributed by atoms with Gasteiger partial charge in [-0.05, 0) is 17.7 Å². The van der Waals surface area contributed by atoms with E-state index in [9.17, 15) is 23.3 Å². The smallest absolute Gasteiger partial charge is 0.259 e. The Bertz CT molecular complexity index is 483. The van der Waals surface area contributed by atoms with Crippen molar-refractivity contribution in [3.05, 3.63) is 44.3 Å². The highest BCUT2D eigenvalue weighted by Crippen LogP contribution is 2.32. The van der Waals surface area contributed by atoms with Gasteiger partial charge in [-0.15, -0.1) is 0 Å². The van der Waals surface area contributed by atoms with Crippen molar-refractivity contribution in [3.8, 4) is 0 Å². The van der Waals surface area contributed by atoms with Crippen LogP contribution in [-0.2, 0) is 0 Å². The maximum atomic E-state index is 12.3. The third kappa shape index (κ3) is 4.89. The van der Waals surface area contributed by atoms with Gasteiger partial charge in [0.15, 0.2) is 0 Å². The molecule has 0 N–H and O–H groups in total. The van der Waals surface area contributed by atoms with Crippen LogP contribution in [0.3, 0.4) is 0 Å². The Morgan fingerprint density at radius 1 is 1.39 bits per heavy atom. The molecule has 0 spiro atoms. The van der Waals surface area contributed by atoms with Crippen LogP contribution in [0.5, 0.6) is 0 Å². The third-order valence-corrected chi connectivity index (χ3v) is 2.17.